The normalized spacial score (nSPS) is 16.0. The molecule has 3 aromatic rings. The van der Waals surface area contributed by atoms with Crippen LogP contribution in [0.3, 0.4) is 0 Å². The zero-order valence-corrected chi connectivity index (χ0v) is 19.0. The number of nitrogens with zero attached hydrogens (tertiary/aromatic N) is 2. The summed E-state index contributed by atoms with van der Waals surface area (Å²) in [5.74, 6) is -0.328. The van der Waals surface area contributed by atoms with Crippen molar-refractivity contribution < 1.29 is 39.4 Å². The number of hydrogen-bond acceptors (Lipinski definition) is 10. The SMILES string of the molecule is COc1cc2c(Nc3cccc(Cl)c3F)ncnc2cc1C(O)[C@H](O)[C@@H](O)[C@H](O)[C@H](CO)OC. The molecule has 0 saturated carbocycles. The van der Waals surface area contributed by atoms with Gasteiger partial charge in [0.2, 0.25) is 0 Å². The van der Waals surface area contributed by atoms with Crippen molar-refractivity contribution in [3.05, 3.63) is 53.1 Å². The van der Waals surface area contributed by atoms with Gasteiger partial charge in [0.05, 0.1) is 29.9 Å². The molecular weight excluding hydrogens is 473 g/mol. The van der Waals surface area contributed by atoms with Crippen LogP contribution in [0.15, 0.2) is 36.7 Å². The van der Waals surface area contributed by atoms with Gasteiger partial charge in [-0.25, -0.2) is 14.4 Å². The fourth-order valence-corrected chi connectivity index (χ4v) is 3.62. The minimum absolute atomic E-state index is 0.0605. The average molecular weight is 498 g/mol. The van der Waals surface area contributed by atoms with Crippen LogP contribution in [0.4, 0.5) is 15.9 Å². The molecule has 0 aliphatic rings. The number of rotatable bonds is 10. The number of aliphatic hydroxyl groups is 5. The predicted octanol–water partition coefficient (Wildman–Crippen LogP) is 1.30. The van der Waals surface area contributed by atoms with Crippen LogP contribution in [0, 0.1) is 5.82 Å². The third kappa shape index (κ3) is 5.20. The summed E-state index contributed by atoms with van der Waals surface area (Å²) in [6.45, 7) is -0.614. The molecule has 0 bridgehead atoms. The lowest BCUT2D eigenvalue weighted by Gasteiger charge is -2.30. The van der Waals surface area contributed by atoms with Gasteiger partial charge in [-0.2, -0.15) is 0 Å². The Kier molecular flexibility index (Phi) is 8.55. The summed E-state index contributed by atoms with van der Waals surface area (Å²) >= 11 is 5.84. The van der Waals surface area contributed by atoms with Crippen LogP contribution < -0.4 is 10.1 Å². The Morgan fingerprint density at radius 3 is 2.44 bits per heavy atom. The number of aromatic nitrogens is 2. The first-order valence-corrected chi connectivity index (χ1v) is 10.5. The average Bonchev–Trinajstić information content (AvgIpc) is 2.85. The van der Waals surface area contributed by atoms with Gasteiger partial charge < -0.3 is 40.3 Å². The van der Waals surface area contributed by atoms with Crippen LogP contribution in [-0.4, -0.2) is 80.7 Å². The number of methoxy groups -OCH3 is 2. The molecule has 34 heavy (non-hydrogen) atoms. The maximum absolute atomic E-state index is 14.3. The molecule has 0 fully saturated rings. The molecule has 0 amide bonds. The Balaban J connectivity index is 1.97. The molecule has 1 unspecified atom stereocenters. The van der Waals surface area contributed by atoms with Gasteiger partial charge in [-0.3, -0.25) is 0 Å². The van der Waals surface area contributed by atoms with Crippen LogP contribution in [0.2, 0.25) is 5.02 Å². The maximum Gasteiger partial charge on any atom is 0.165 e. The number of hydrogen-bond donors (Lipinski definition) is 6. The summed E-state index contributed by atoms with van der Waals surface area (Å²) in [4.78, 5) is 8.29. The van der Waals surface area contributed by atoms with E-state index < -0.39 is 42.9 Å². The van der Waals surface area contributed by atoms with Crippen LogP contribution >= 0.6 is 11.6 Å². The molecule has 184 valence electrons. The molecule has 2 aromatic carbocycles. The van der Waals surface area contributed by atoms with Crippen LogP contribution in [0.5, 0.6) is 5.75 Å². The Hall–Kier alpha value is -2.64. The van der Waals surface area contributed by atoms with E-state index in [9.17, 15) is 29.9 Å². The van der Waals surface area contributed by atoms with E-state index in [4.69, 9.17) is 21.1 Å². The molecule has 5 atom stereocenters. The number of anilines is 2. The van der Waals surface area contributed by atoms with Gasteiger partial charge in [-0.1, -0.05) is 17.7 Å². The van der Waals surface area contributed by atoms with E-state index in [0.717, 1.165) is 0 Å². The third-order valence-corrected chi connectivity index (χ3v) is 5.69. The van der Waals surface area contributed by atoms with E-state index >= 15 is 0 Å². The summed E-state index contributed by atoms with van der Waals surface area (Å²) in [5.41, 5.74) is 0.451. The molecule has 0 radical (unpaired) electrons. The molecule has 0 spiro atoms. The fraction of sp³-hybridized carbons (Fsp3) is 0.364. The first kappa shape index (κ1) is 26.0. The first-order valence-electron chi connectivity index (χ1n) is 10.1. The molecule has 10 nitrogen and oxygen atoms in total. The van der Waals surface area contributed by atoms with Crippen molar-refractivity contribution in [2.45, 2.75) is 30.5 Å². The molecule has 0 aliphatic carbocycles. The highest BCUT2D eigenvalue weighted by Gasteiger charge is 2.36. The van der Waals surface area contributed by atoms with E-state index in [1.165, 1.54) is 44.8 Å². The molecule has 3 rings (SSSR count). The van der Waals surface area contributed by atoms with Crippen molar-refractivity contribution in [2.75, 3.05) is 26.1 Å². The number of nitrogens with one attached hydrogen (secondary N) is 1. The lowest BCUT2D eigenvalue weighted by Crippen LogP contribution is -2.48. The van der Waals surface area contributed by atoms with Crippen molar-refractivity contribution >= 4 is 34.0 Å². The van der Waals surface area contributed by atoms with E-state index in [0.29, 0.717) is 10.9 Å². The summed E-state index contributed by atoms with van der Waals surface area (Å²) < 4.78 is 24.6. The standard InChI is InChI=1S/C22H25ClFN3O7/c1-33-15-7-10-14(25-9-26-22(10)27-13-5-3-4-12(23)17(13)24)6-11(15)18(29)20(31)21(32)19(30)16(8-28)34-2/h3-7,9,16,18-21,28-32H,8H2,1-2H3,(H,25,26,27)/t16-,18?,19+,20-,21-/m0/s1. The highest BCUT2D eigenvalue weighted by Crippen LogP contribution is 2.36. The van der Waals surface area contributed by atoms with E-state index in [1.807, 2.05) is 0 Å². The zero-order valence-electron chi connectivity index (χ0n) is 18.3. The minimum Gasteiger partial charge on any atom is -0.496 e. The smallest absolute Gasteiger partial charge is 0.165 e. The van der Waals surface area contributed by atoms with Crippen molar-refractivity contribution in [1.82, 2.24) is 9.97 Å². The minimum atomic E-state index is -1.87. The largest absolute Gasteiger partial charge is 0.496 e. The maximum atomic E-state index is 14.3. The Morgan fingerprint density at radius 1 is 1.06 bits per heavy atom. The van der Waals surface area contributed by atoms with Crippen molar-refractivity contribution in [3.8, 4) is 5.75 Å². The number of halogens is 2. The summed E-state index contributed by atoms with van der Waals surface area (Å²) in [6, 6.07) is 7.33. The van der Waals surface area contributed by atoms with Crippen LogP contribution in [0.25, 0.3) is 10.9 Å². The highest BCUT2D eigenvalue weighted by molar-refractivity contribution is 6.31. The number of benzene rings is 2. The van der Waals surface area contributed by atoms with Crippen molar-refractivity contribution in [3.63, 3.8) is 0 Å². The van der Waals surface area contributed by atoms with Gasteiger partial charge in [0.15, 0.2) is 5.82 Å². The second-order valence-corrected chi connectivity index (χ2v) is 7.84. The van der Waals surface area contributed by atoms with Crippen LogP contribution in [-0.2, 0) is 4.74 Å². The molecule has 6 N–H and O–H groups in total. The Morgan fingerprint density at radius 2 is 1.79 bits per heavy atom. The van der Waals surface area contributed by atoms with E-state index in [2.05, 4.69) is 15.3 Å². The molecule has 0 aliphatic heterocycles. The van der Waals surface area contributed by atoms with Gasteiger partial charge in [0, 0.05) is 18.1 Å². The fourth-order valence-electron chi connectivity index (χ4n) is 3.45. The second-order valence-electron chi connectivity index (χ2n) is 7.43. The van der Waals surface area contributed by atoms with Gasteiger partial charge in [0.25, 0.3) is 0 Å². The quantitative estimate of drug-likeness (QED) is 0.241. The van der Waals surface area contributed by atoms with Crippen molar-refractivity contribution in [2.24, 2.45) is 0 Å². The van der Waals surface area contributed by atoms with E-state index in [-0.39, 0.29) is 27.8 Å². The van der Waals surface area contributed by atoms with E-state index in [1.54, 1.807) is 6.07 Å². The number of fused-ring (bicyclic) bond motifs is 1. The summed E-state index contributed by atoms with van der Waals surface area (Å²) in [7, 11) is 2.54. The number of aliphatic hydroxyl groups excluding tert-OH is 5. The van der Waals surface area contributed by atoms with Gasteiger partial charge in [0.1, 0.15) is 48.4 Å². The van der Waals surface area contributed by atoms with Crippen LogP contribution in [0.1, 0.15) is 11.7 Å². The lowest BCUT2D eigenvalue weighted by molar-refractivity contribution is -0.148. The molecule has 1 aromatic heterocycles. The molecule has 1 heterocycles. The molecular formula is C22H25ClFN3O7. The first-order chi connectivity index (χ1) is 16.2. The van der Waals surface area contributed by atoms with Gasteiger partial charge in [-0.05, 0) is 24.3 Å². The highest BCUT2D eigenvalue weighted by atomic mass is 35.5. The van der Waals surface area contributed by atoms with Gasteiger partial charge >= 0.3 is 0 Å². The Labute approximate surface area is 199 Å². The van der Waals surface area contributed by atoms with Crippen molar-refractivity contribution in [1.29, 1.82) is 0 Å². The summed E-state index contributed by atoms with van der Waals surface area (Å²) in [6.07, 6.45) is -7.08. The third-order valence-electron chi connectivity index (χ3n) is 5.40. The topological polar surface area (TPSA) is 157 Å². The molecule has 12 heteroatoms. The zero-order chi connectivity index (χ0) is 25.0. The van der Waals surface area contributed by atoms with Gasteiger partial charge in [-0.15, -0.1) is 0 Å². The lowest BCUT2D eigenvalue weighted by atomic mass is 9.94. The summed E-state index contributed by atoms with van der Waals surface area (Å²) in [5, 5.41) is 54.1. The molecule has 0 saturated heterocycles. The Bertz CT molecular complexity index is 1140. The number of ether oxygens (including phenoxy) is 2. The second kappa shape index (κ2) is 11.2. The monoisotopic (exact) mass is 497 g/mol. The predicted molar refractivity (Wildman–Crippen MR) is 122 cm³/mol.